The van der Waals surface area contributed by atoms with Gasteiger partial charge in [-0.2, -0.15) is 18.4 Å². The number of halogens is 3. The van der Waals surface area contributed by atoms with Crippen molar-refractivity contribution in [1.82, 2.24) is 4.90 Å². The third-order valence-corrected chi connectivity index (χ3v) is 7.42. The van der Waals surface area contributed by atoms with Gasteiger partial charge in [-0.1, -0.05) is 18.2 Å². The standard InChI is InChI=1S/C28H25F3N4O2/c1-34-24-11-6-19(18-4-2-17(15-32)3-5-18)14-23(24)26-22(25(34)16-36)12-13-35(26)27(37)33-21-9-7-20(8-10-21)28(29,30)31/h2-11,14,22,25-26,36H,12-13,16H2,1H3,(H,33,37)/t22-,25+,26-/m1/s1. The van der Waals surface area contributed by atoms with Gasteiger partial charge >= 0.3 is 12.2 Å². The van der Waals surface area contributed by atoms with Gasteiger partial charge in [0.25, 0.3) is 0 Å². The summed E-state index contributed by atoms with van der Waals surface area (Å²) in [5, 5.41) is 22.0. The summed E-state index contributed by atoms with van der Waals surface area (Å²) in [7, 11) is 1.93. The summed E-state index contributed by atoms with van der Waals surface area (Å²) in [6.45, 7) is 0.384. The number of aliphatic hydroxyl groups excluding tert-OH is 1. The zero-order chi connectivity index (χ0) is 26.3. The van der Waals surface area contributed by atoms with E-state index in [1.165, 1.54) is 12.1 Å². The highest BCUT2D eigenvalue weighted by atomic mass is 19.4. The van der Waals surface area contributed by atoms with Crippen LogP contribution in [0.3, 0.4) is 0 Å². The quantitative estimate of drug-likeness (QED) is 0.481. The molecule has 0 spiro atoms. The van der Waals surface area contributed by atoms with Crippen LogP contribution in [0.1, 0.15) is 29.2 Å². The molecule has 2 heterocycles. The molecule has 0 bridgehead atoms. The number of nitrogens with one attached hydrogen (secondary N) is 1. The Morgan fingerprint density at radius 1 is 1.08 bits per heavy atom. The van der Waals surface area contributed by atoms with Crippen molar-refractivity contribution in [2.45, 2.75) is 24.7 Å². The minimum absolute atomic E-state index is 0.0166. The second-order valence-electron chi connectivity index (χ2n) is 9.42. The number of aliphatic hydroxyl groups is 1. The lowest BCUT2D eigenvalue weighted by atomic mass is 9.81. The second-order valence-corrected chi connectivity index (χ2v) is 9.42. The fourth-order valence-corrected chi connectivity index (χ4v) is 5.54. The molecule has 3 aromatic carbocycles. The van der Waals surface area contributed by atoms with Crippen molar-refractivity contribution in [2.75, 3.05) is 30.4 Å². The highest BCUT2D eigenvalue weighted by Crippen LogP contribution is 2.49. The van der Waals surface area contributed by atoms with Crippen LogP contribution in [0.2, 0.25) is 0 Å². The average molecular weight is 507 g/mol. The first-order valence-corrected chi connectivity index (χ1v) is 11.9. The number of urea groups is 1. The Balaban J connectivity index is 1.47. The molecule has 0 radical (unpaired) electrons. The van der Waals surface area contributed by atoms with Crippen LogP contribution in [0.25, 0.3) is 11.1 Å². The molecule has 2 amide bonds. The summed E-state index contributed by atoms with van der Waals surface area (Å²) in [4.78, 5) is 17.1. The number of carbonyl (C=O) groups is 1. The number of likely N-dealkylation sites (tertiary alicyclic amines) is 1. The predicted molar refractivity (Wildman–Crippen MR) is 134 cm³/mol. The number of carbonyl (C=O) groups excluding carboxylic acids is 1. The molecule has 6 nitrogen and oxygen atoms in total. The van der Waals surface area contributed by atoms with Gasteiger partial charge in [0.2, 0.25) is 0 Å². The third-order valence-electron chi connectivity index (χ3n) is 7.42. The van der Waals surface area contributed by atoms with Crippen LogP contribution < -0.4 is 10.2 Å². The number of hydrogen-bond acceptors (Lipinski definition) is 4. The number of hydrogen-bond donors (Lipinski definition) is 2. The highest BCUT2D eigenvalue weighted by molar-refractivity contribution is 5.90. The van der Waals surface area contributed by atoms with E-state index >= 15 is 0 Å². The van der Waals surface area contributed by atoms with Gasteiger partial charge in [-0.05, 0) is 71.6 Å². The molecule has 0 aromatic heterocycles. The maximum absolute atomic E-state index is 13.3. The molecule has 5 rings (SSSR count). The molecule has 0 aliphatic carbocycles. The minimum Gasteiger partial charge on any atom is -0.394 e. The van der Waals surface area contributed by atoms with E-state index in [-0.39, 0.29) is 30.3 Å². The summed E-state index contributed by atoms with van der Waals surface area (Å²) in [5.74, 6) is -0.0166. The van der Waals surface area contributed by atoms with Crippen molar-refractivity contribution >= 4 is 17.4 Å². The van der Waals surface area contributed by atoms with Crippen LogP contribution in [0, 0.1) is 17.2 Å². The van der Waals surface area contributed by atoms with E-state index in [0.29, 0.717) is 18.5 Å². The smallest absolute Gasteiger partial charge is 0.394 e. The number of nitrogens with zero attached hydrogens (tertiary/aromatic N) is 3. The Hall–Kier alpha value is -4.03. The topological polar surface area (TPSA) is 79.6 Å². The lowest BCUT2D eigenvalue weighted by Crippen LogP contribution is -2.48. The molecule has 0 saturated carbocycles. The average Bonchev–Trinajstić information content (AvgIpc) is 3.34. The number of amides is 2. The predicted octanol–water partition coefficient (Wildman–Crippen LogP) is 5.65. The van der Waals surface area contributed by atoms with Gasteiger partial charge in [0.15, 0.2) is 0 Å². The maximum Gasteiger partial charge on any atom is 0.416 e. The van der Waals surface area contributed by atoms with E-state index in [4.69, 9.17) is 5.26 Å². The van der Waals surface area contributed by atoms with Crippen LogP contribution in [-0.2, 0) is 6.18 Å². The fourth-order valence-electron chi connectivity index (χ4n) is 5.54. The largest absolute Gasteiger partial charge is 0.416 e. The Morgan fingerprint density at radius 3 is 2.38 bits per heavy atom. The summed E-state index contributed by atoms with van der Waals surface area (Å²) in [6, 6.07) is 18.9. The van der Waals surface area contributed by atoms with E-state index < -0.39 is 17.8 Å². The molecule has 3 aromatic rings. The van der Waals surface area contributed by atoms with E-state index in [9.17, 15) is 23.1 Å². The van der Waals surface area contributed by atoms with E-state index in [1.54, 1.807) is 17.0 Å². The first-order valence-electron chi connectivity index (χ1n) is 11.9. The molecule has 2 aliphatic heterocycles. The molecule has 3 atom stereocenters. The van der Waals surface area contributed by atoms with E-state index in [0.717, 1.165) is 34.5 Å². The molecular formula is C28H25F3N4O2. The van der Waals surface area contributed by atoms with E-state index in [2.05, 4.69) is 16.3 Å². The molecular weight excluding hydrogens is 481 g/mol. The Labute approximate surface area is 212 Å². The van der Waals surface area contributed by atoms with Gasteiger partial charge in [-0.15, -0.1) is 0 Å². The minimum atomic E-state index is -4.45. The number of benzene rings is 3. The number of likely N-dealkylation sites (N-methyl/N-ethyl adjacent to an activating group) is 1. The van der Waals surface area contributed by atoms with Gasteiger partial charge in [-0.3, -0.25) is 0 Å². The van der Waals surface area contributed by atoms with E-state index in [1.807, 2.05) is 37.4 Å². The molecule has 1 saturated heterocycles. The summed E-state index contributed by atoms with van der Waals surface area (Å²) >= 11 is 0. The zero-order valence-electron chi connectivity index (χ0n) is 20.0. The third kappa shape index (κ3) is 4.49. The summed E-state index contributed by atoms with van der Waals surface area (Å²) in [5.41, 5.74) is 3.79. The Bertz CT molecular complexity index is 1350. The van der Waals surface area contributed by atoms with Crippen molar-refractivity contribution in [3.05, 3.63) is 83.4 Å². The van der Waals surface area contributed by atoms with Crippen LogP contribution in [-0.4, -0.2) is 42.3 Å². The number of fused-ring (bicyclic) bond motifs is 3. The van der Waals surface area contributed by atoms with Gasteiger partial charge in [0.1, 0.15) is 0 Å². The maximum atomic E-state index is 13.3. The molecule has 0 unspecified atom stereocenters. The Kier molecular flexibility index (Phi) is 6.30. The number of rotatable bonds is 3. The second kappa shape index (κ2) is 9.45. The van der Waals surface area contributed by atoms with Crippen LogP contribution in [0.15, 0.2) is 66.7 Å². The van der Waals surface area contributed by atoms with Gasteiger partial charge < -0.3 is 20.2 Å². The van der Waals surface area contributed by atoms with Crippen molar-refractivity contribution in [3.63, 3.8) is 0 Å². The summed E-state index contributed by atoms with van der Waals surface area (Å²) < 4.78 is 38.7. The molecule has 2 N–H and O–H groups in total. The van der Waals surface area contributed by atoms with Crippen LogP contribution in [0.5, 0.6) is 0 Å². The molecule has 1 fully saturated rings. The molecule has 37 heavy (non-hydrogen) atoms. The van der Waals surface area contributed by atoms with Crippen LogP contribution in [0.4, 0.5) is 29.3 Å². The van der Waals surface area contributed by atoms with Crippen molar-refractivity contribution in [1.29, 1.82) is 5.26 Å². The normalized spacial score (nSPS) is 20.7. The van der Waals surface area contributed by atoms with Crippen molar-refractivity contribution < 1.29 is 23.1 Å². The highest BCUT2D eigenvalue weighted by Gasteiger charge is 2.47. The number of nitriles is 1. The zero-order valence-corrected chi connectivity index (χ0v) is 20.0. The monoisotopic (exact) mass is 506 g/mol. The van der Waals surface area contributed by atoms with Crippen molar-refractivity contribution in [3.8, 4) is 17.2 Å². The SMILES string of the molecule is CN1c2ccc(-c3ccc(C#N)cc3)cc2[C@H]2[C@H](CCN2C(=O)Nc2ccc(C(F)(F)F)cc2)[C@@H]1CO. The first-order chi connectivity index (χ1) is 17.7. The van der Waals surface area contributed by atoms with Gasteiger partial charge in [0.05, 0.1) is 35.9 Å². The molecule has 9 heteroatoms. The lowest BCUT2D eigenvalue weighted by Gasteiger charge is -2.44. The fraction of sp³-hybridized carbons (Fsp3) is 0.286. The number of alkyl halides is 3. The number of anilines is 2. The molecule has 190 valence electrons. The van der Waals surface area contributed by atoms with Crippen LogP contribution >= 0.6 is 0 Å². The van der Waals surface area contributed by atoms with Gasteiger partial charge in [0, 0.05) is 30.9 Å². The Morgan fingerprint density at radius 2 is 1.76 bits per heavy atom. The van der Waals surface area contributed by atoms with Gasteiger partial charge in [-0.25, -0.2) is 4.79 Å². The summed E-state index contributed by atoms with van der Waals surface area (Å²) in [6.07, 6.45) is -3.77. The first kappa shape index (κ1) is 24.7. The van der Waals surface area contributed by atoms with Crippen molar-refractivity contribution in [2.24, 2.45) is 5.92 Å². The molecule has 2 aliphatic rings. The lowest BCUT2D eigenvalue weighted by molar-refractivity contribution is -0.137.